The topological polar surface area (TPSA) is 79.6 Å². The minimum Gasteiger partial charge on any atom is -0.282 e. The van der Waals surface area contributed by atoms with Gasteiger partial charge in [0, 0.05) is 6.20 Å². The Kier molecular flexibility index (Phi) is 5.51. The molecule has 0 unspecified atom stereocenters. The predicted octanol–water partition coefficient (Wildman–Crippen LogP) is 4.33. The average molecular weight is 346 g/mol. The van der Waals surface area contributed by atoms with Crippen molar-refractivity contribution < 1.29 is 13.0 Å². The van der Waals surface area contributed by atoms with Crippen molar-refractivity contribution in [3.8, 4) is 0 Å². The number of nitrogens with zero attached hydrogens (tertiary/aromatic N) is 2. The third kappa shape index (κ3) is 4.27. The van der Waals surface area contributed by atoms with Crippen molar-refractivity contribution in [1.82, 2.24) is 4.98 Å². The summed E-state index contributed by atoms with van der Waals surface area (Å²) in [6.07, 6.45) is 3.36. The third-order valence-electron chi connectivity index (χ3n) is 3.70. The van der Waals surface area contributed by atoms with Crippen LogP contribution in [0.4, 0.5) is 5.69 Å². The summed E-state index contributed by atoms with van der Waals surface area (Å²) >= 11 is 0. The van der Waals surface area contributed by atoms with Gasteiger partial charge in [-0.25, -0.2) is 0 Å². The number of hydrogen-bond donors (Lipinski definition) is 1. The fourth-order valence-electron chi connectivity index (χ4n) is 2.41. The van der Waals surface area contributed by atoms with E-state index in [1.807, 2.05) is 45.9 Å². The van der Waals surface area contributed by atoms with Crippen molar-refractivity contribution in [3.05, 3.63) is 53.3 Å². The Labute approximate surface area is 143 Å². The minimum atomic E-state index is -4.26. The summed E-state index contributed by atoms with van der Waals surface area (Å²) in [5.41, 5.74) is 3.01. The lowest BCUT2D eigenvalue weighted by atomic mass is 9.93. The molecular weight excluding hydrogens is 324 g/mol. The van der Waals surface area contributed by atoms with Crippen molar-refractivity contribution in [2.75, 3.05) is 0 Å². The molecule has 1 N–H and O–H groups in total. The number of aromatic nitrogens is 1. The molecule has 0 aliphatic rings. The molecule has 2 rings (SSSR count). The zero-order chi connectivity index (χ0) is 17.9. The van der Waals surface area contributed by atoms with Gasteiger partial charge in [0.2, 0.25) is 0 Å². The number of benzene rings is 1. The van der Waals surface area contributed by atoms with Gasteiger partial charge >= 0.3 is 0 Å². The highest BCUT2D eigenvalue weighted by molar-refractivity contribution is 7.85. The lowest BCUT2D eigenvalue weighted by molar-refractivity contribution is 0.483. The average Bonchev–Trinajstić information content (AvgIpc) is 2.51. The number of rotatable bonds is 5. The van der Waals surface area contributed by atoms with E-state index in [-0.39, 0.29) is 16.7 Å². The van der Waals surface area contributed by atoms with E-state index in [0.717, 1.165) is 22.5 Å². The van der Waals surface area contributed by atoms with Crippen molar-refractivity contribution in [2.45, 2.75) is 44.4 Å². The lowest BCUT2D eigenvalue weighted by Gasteiger charge is -2.18. The van der Waals surface area contributed by atoms with Gasteiger partial charge < -0.3 is 0 Å². The van der Waals surface area contributed by atoms with E-state index in [2.05, 4.69) is 9.98 Å². The summed E-state index contributed by atoms with van der Waals surface area (Å²) in [4.78, 5) is 8.70. The largest absolute Gasteiger partial charge is 0.294 e. The fourth-order valence-corrected chi connectivity index (χ4v) is 2.96. The fraction of sp³-hybridized carbons (Fsp3) is 0.333. The molecule has 0 saturated carbocycles. The molecule has 0 atom stereocenters. The Morgan fingerprint density at radius 1 is 1.08 bits per heavy atom. The maximum atomic E-state index is 11.6. The van der Waals surface area contributed by atoms with Crippen LogP contribution in [0.5, 0.6) is 0 Å². The highest BCUT2D eigenvalue weighted by Gasteiger charge is 2.20. The first kappa shape index (κ1) is 18.3. The van der Waals surface area contributed by atoms with Crippen LogP contribution in [-0.4, -0.2) is 24.2 Å². The van der Waals surface area contributed by atoms with Crippen LogP contribution in [0.3, 0.4) is 0 Å². The highest BCUT2D eigenvalue weighted by atomic mass is 32.2. The molecule has 1 aromatic heterocycles. The Bertz CT molecular complexity index is 813. The molecule has 0 bridgehead atoms. The van der Waals surface area contributed by atoms with E-state index in [9.17, 15) is 13.0 Å². The number of hydrogen-bond acceptors (Lipinski definition) is 4. The molecule has 1 heterocycles. The molecule has 128 valence electrons. The number of aliphatic imine (C=N–C) groups is 1. The zero-order valence-electron chi connectivity index (χ0n) is 14.3. The van der Waals surface area contributed by atoms with E-state index in [1.165, 1.54) is 12.1 Å². The molecule has 0 spiro atoms. The Morgan fingerprint density at radius 2 is 1.67 bits per heavy atom. The first-order chi connectivity index (χ1) is 11.2. The van der Waals surface area contributed by atoms with Gasteiger partial charge in [-0.1, -0.05) is 33.8 Å². The summed E-state index contributed by atoms with van der Waals surface area (Å²) in [6.45, 7) is 7.86. The maximum Gasteiger partial charge on any atom is 0.294 e. The summed E-state index contributed by atoms with van der Waals surface area (Å²) in [6, 6.07) is 8.55. The smallest absolute Gasteiger partial charge is 0.282 e. The van der Waals surface area contributed by atoms with Crippen LogP contribution in [0, 0.1) is 0 Å². The van der Waals surface area contributed by atoms with Crippen LogP contribution < -0.4 is 0 Å². The molecule has 0 saturated heterocycles. The van der Waals surface area contributed by atoms with Crippen molar-refractivity contribution in [2.24, 2.45) is 4.99 Å². The molecular formula is C18H22N2O3S. The summed E-state index contributed by atoms with van der Waals surface area (Å²) in [5.74, 6) is 0.111. The van der Waals surface area contributed by atoms with Gasteiger partial charge in [-0.15, -0.1) is 0 Å². The van der Waals surface area contributed by atoms with E-state index in [1.54, 1.807) is 12.4 Å². The van der Waals surface area contributed by atoms with Crippen LogP contribution in [0.2, 0.25) is 0 Å². The van der Waals surface area contributed by atoms with Crippen molar-refractivity contribution >= 4 is 22.0 Å². The zero-order valence-corrected chi connectivity index (χ0v) is 15.1. The first-order valence-electron chi connectivity index (χ1n) is 7.80. The second kappa shape index (κ2) is 7.23. The van der Waals surface area contributed by atoms with Crippen LogP contribution in [0.25, 0.3) is 0 Å². The normalized spacial score (nSPS) is 12.5. The highest BCUT2D eigenvalue weighted by Crippen LogP contribution is 2.37. The van der Waals surface area contributed by atoms with Crippen LogP contribution in [-0.2, 0) is 10.1 Å². The molecule has 0 fully saturated rings. The molecule has 2 aromatic rings. The first-order valence-corrected chi connectivity index (χ1v) is 9.24. The quantitative estimate of drug-likeness (QED) is 0.645. The van der Waals surface area contributed by atoms with Gasteiger partial charge in [-0.2, -0.15) is 8.42 Å². The third-order valence-corrected chi connectivity index (χ3v) is 4.53. The molecule has 0 radical (unpaired) electrons. The maximum absolute atomic E-state index is 11.6. The molecule has 0 aliphatic carbocycles. The lowest BCUT2D eigenvalue weighted by Crippen LogP contribution is -2.04. The van der Waals surface area contributed by atoms with Gasteiger partial charge in [0.25, 0.3) is 10.1 Å². The van der Waals surface area contributed by atoms with Gasteiger partial charge in [-0.3, -0.25) is 14.5 Å². The molecule has 24 heavy (non-hydrogen) atoms. The van der Waals surface area contributed by atoms with E-state index in [4.69, 9.17) is 0 Å². The second-order valence-corrected chi connectivity index (χ2v) is 7.67. The molecule has 5 nitrogen and oxygen atoms in total. The van der Waals surface area contributed by atoms with Crippen LogP contribution >= 0.6 is 0 Å². The standard InChI is InChI=1S/C18H22N2O3S/c1-12(2)16-9-15(24(21,22)23)10-17(13(3)4)18(16)20-11-14-7-5-6-8-19-14/h5-13H,1-4H3,(H,21,22,23). The summed E-state index contributed by atoms with van der Waals surface area (Å²) in [5, 5.41) is 0. The summed E-state index contributed by atoms with van der Waals surface area (Å²) in [7, 11) is -4.26. The molecule has 1 aromatic carbocycles. The molecule has 6 heteroatoms. The van der Waals surface area contributed by atoms with Gasteiger partial charge in [0.05, 0.1) is 22.5 Å². The monoisotopic (exact) mass is 346 g/mol. The van der Waals surface area contributed by atoms with Gasteiger partial charge in [-0.05, 0) is 47.2 Å². The minimum absolute atomic E-state index is 0.0556. The summed E-state index contributed by atoms with van der Waals surface area (Å²) < 4.78 is 32.6. The van der Waals surface area contributed by atoms with Crippen molar-refractivity contribution in [1.29, 1.82) is 0 Å². The molecule has 0 aliphatic heterocycles. The van der Waals surface area contributed by atoms with Crippen LogP contribution in [0.1, 0.15) is 56.4 Å². The molecule has 0 amide bonds. The Balaban J connectivity index is 2.66. The van der Waals surface area contributed by atoms with Gasteiger partial charge in [0.15, 0.2) is 0 Å². The van der Waals surface area contributed by atoms with Gasteiger partial charge in [0.1, 0.15) is 0 Å². The Morgan fingerprint density at radius 3 is 2.08 bits per heavy atom. The van der Waals surface area contributed by atoms with Crippen molar-refractivity contribution in [3.63, 3.8) is 0 Å². The predicted molar refractivity (Wildman–Crippen MR) is 95.9 cm³/mol. The van der Waals surface area contributed by atoms with E-state index < -0.39 is 10.1 Å². The second-order valence-electron chi connectivity index (χ2n) is 6.25. The van der Waals surface area contributed by atoms with E-state index in [0.29, 0.717) is 0 Å². The van der Waals surface area contributed by atoms with Crippen LogP contribution in [0.15, 0.2) is 46.4 Å². The Hall–Kier alpha value is -2.05. The SMILES string of the molecule is CC(C)c1cc(S(=O)(=O)O)cc(C(C)C)c1N=Cc1ccccn1. The number of pyridine rings is 1. The van der Waals surface area contributed by atoms with E-state index >= 15 is 0 Å².